The van der Waals surface area contributed by atoms with Gasteiger partial charge in [-0.1, -0.05) is 18.9 Å². The molecule has 1 saturated heterocycles. The molecule has 2 aromatic heterocycles. The predicted molar refractivity (Wildman–Crippen MR) is 87.1 cm³/mol. The topological polar surface area (TPSA) is 58.1 Å². The fraction of sp³-hybridized carbons (Fsp3) is 0.353. The maximum Gasteiger partial charge on any atom is 0.258 e. The highest BCUT2D eigenvalue weighted by atomic mass is 16.1. The lowest BCUT2D eigenvalue weighted by molar-refractivity contribution is 0.102. The van der Waals surface area contributed by atoms with Crippen LogP contribution in [-0.2, 0) is 0 Å². The molecule has 1 fully saturated rings. The minimum absolute atomic E-state index is 0.186. The van der Waals surface area contributed by atoms with Gasteiger partial charge in [-0.15, -0.1) is 0 Å². The Balaban J connectivity index is 1.66. The number of carbonyl (C=O) groups excluding carboxylic acids is 1. The molecule has 22 heavy (non-hydrogen) atoms. The highest BCUT2D eigenvalue weighted by Crippen LogP contribution is 2.17. The van der Waals surface area contributed by atoms with Gasteiger partial charge in [-0.05, 0) is 37.1 Å². The Bertz CT molecular complexity index is 604. The average molecular weight is 296 g/mol. The second-order valence-electron chi connectivity index (χ2n) is 5.48. The summed E-state index contributed by atoms with van der Waals surface area (Å²) in [5.74, 6) is 1.31. The van der Waals surface area contributed by atoms with Gasteiger partial charge in [0.2, 0.25) is 0 Å². The van der Waals surface area contributed by atoms with Gasteiger partial charge in [0, 0.05) is 25.5 Å². The van der Waals surface area contributed by atoms with Crippen LogP contribution in [-0.4, -0.2) is 29.0 Å². The summed E-state index contributed by atoms with van der Waals surface area (Å²) < 4.78 is 0. The van der Waals surface area contributed by atoms with Crippen molar-refractivity contribution in [2.24, 2.45) is 0 Å². The number of pyridine rings is 2. The first-order valence-corrected chi connectivity index (χ1v) is 7.76. The fourth-order valence-corrected chi connectivity index (χ4v) is 2.63. The van der Waals surface area contributed by atoms with Gasteiger partial charge in [0.05, 0.1) is 5.56 Å². The summed E-state index contributed by atoms with van der Waals surface area (Å²) in [7, 11) is 0. The number of carbonyl (C=O) groups is 1. The van der Waals surface area contributed by atoms with E-state index in [1.54, 1.807) is 18.5 Å². The van der Waals surface area contributed by atoms with E-state index in [2.05, 4.69) is 20.2 Å². The maximum atomic E-state index is 12.2. The summed E-state index contributed by atoms with van der Waals surface area (Å²) in [6.45, 7) is 2.10. The molecule has 5 nitrogen and oxygen atoms in total. The molecule has 5 heteroatoms. The quantitative estimate of drug-likeness (QED) is 0.945. The molecule has 0 saturated carbocycles. The van der Waals surface area contributed by atoms with Crippen LogP contribution in [0.2, 0.25) is 0 Å². The van der Waals surface area contributed by atoms with Crippen LogP contribution < -0.4 is 10.2 Å². The van der Waals surface area contributed by atoms with E-state index >= 15 is 0 Å². The second-order valence-corrected chi connectivity index (χ2v) is 5.48. The standard InChI is InChI=1S/C17H20N4O/c22-17(20-15-7-3-4-10-18-15)14-8-9-16(19-13-14)21-11-5-1-2-6-12-21/h3-4,7-10,13H,1-2,5-6,11-12H2,(H,18,20,22). The summed E-state index contributed by atoms with van der Waals surface area (Å²) >= 11 is 0. The molecule has 0 aliphatic carbocycles. The minimum Gasteiger partial charge on any atom is -0.357 e. The highest BCUT2D eigenvalue weighted by molar-refractivity contribution is 6.03. The largest absolute Gasteiger partial charge is 0.357 e. The molecule has 1 aliphatic rings. The van der Waals surface area contributed by atoms with Crippen LogP contribution in [0.25, 0.3) is 0 Å². The van der Waals surface area contributed by atoms with E-state index in [9.17, 15) is 4.79 Å². The summed E-state index contributed by atoms with van der Waals surface area (Å²) in [6.07, 6.45) is 8.30. The third-order valence-electron chi connectivity index (χ3n) is 3.85. The van der Waals surface area contributed by atoms with Crippen LogP contribution in [0.15, 0.2) is 42.7 Å². The van der Waals surface area contributed by atoms with Gasteiger partial charge in [-0.2, -0.15) is 0 Å². The second kappa shape index (κ2) is 7.02. The Kier molecular flexibility index (Phi) is 4.63. The van der Waals surface area contributed by atoms with Crippen molar-refractivity contribution in [1.29, 1.82) is 0 Å². The molecule has 0 atom stereocenters. The Morgan fingerprint density at radius 1 is 1.00 bits per heavy atom. The van der Waals surface area contributed by atoms with E-state index in [1.807, 2.05) is 24.3 Å². The third kappa shape index (κ3) is 3.61. The first kappa shape index (κ1) is 14.5. The van der Waals surface area contributed by atoms with Crippen molar-refractivity contribution < 1.29 is 4.79 Å². The Labute approximate surface area is 130 Å². The molecule has 0 unspecified atom stereocenters. The third-order valence-corrected chi connectivity index (χ3v) is 3.85. The molecular formula is C17H20N4O. The Morgan fingerprint density at radius 2 is 1.82 bits per heavy atom. The molecule has 0 radical (unpaired) electrons. The van der Waals surface area contributed by atoms with Crippen LogP contribution in [0.5, 0.6) is 0 Å². The molecule has 1 N–H and O–H groups in total. The number of nitrogens with zero attached hydrogens (tertiary/aromatic N) is 3. The van der Waals surface area contributed by atoms with Crippen LogP contribution in [0, 0.1) is 0 Å². The zero-order valence-corrected chi connectivity index (χ0v) is 12.5. The smallest absolute Gasteiger partial charge is 0.258 e. The van der Waals surface area contributed by atoms with Crippen molar-refractivity contribution in [1.82, 2.24) is 9.97 Å². The molecule has 0 spiro atoms. The lowest BCUT2D eigenvalue weighted by atomic mass is 10.2. The molecule has 1 amide bonds. The highest BCUT2D eigenvalue weighted by Gasteiger charge is 2.12. The van der Waals surface area contributed by atoms with Gasteiger partial charge in [-0.3, -0.25) is 4.79 Å². The van der Waals surface area contributed by atoms with Crippen LogP contribution in [0.4, 0.5) is 11.6 Å². The van der Waals surface area contributed by atoms with Crippen molar-refractivity contribution in [3.05, 3.63) is 48.3 Å². The molecule has 0 aromatic carbocycles. The summed E-state index contributed by atoms with van der Waals surface area (Å²) in [4.78, 5) is 23.0. The summed E-state index contributed by atoms with van der Waals surface area (Å²) in [5.41, 5.74) is 0.546. The van der Waals surface area contributed by atoms with Crippen molar-refractivity contribution in [3.8, 4) is 0 Å². The van der Waals surface area contributed by atoms with E-state index in [4.69, 9.17) is 0 Å². The number of nitrogens with one attached hydrogen (secondary N) is 1. The van der Waals surface area contributed by atoms with Gasteiger partial charge in [-0.25, -0.2) is 9.97 Å². The zero-order valence-electron chi connectivity index (χ0n) is 12.5. The fourth-order valence-electron chi connectivity index (χ4n) is 2.63. The normalized spacial score (nSPS) is 15.2. The lowest BCUT2D eigenvalue weighted by Gasteiger charge is -2.21. The summed E-state index contributed by atoms with van der Waals surface area (Å²) in [6, 6.07) is 9.16. The van der Waals surface area contributed by atoms with E-state index in [1.165, 1.54) is 25.7 Å². The van der Waals surface area contributed by atoms with Crippen molar-refractivity contribution >= 4 is 17.5 Å². The zero-order chi connectivity index (χ0) is 15.2. The lowest BCUT2D eigenvalue weighted by Crippen LogP contribution is -2.25. The molecule has 2 aromatic rings. The summed E-state index contributed by atoms with van der Waals surface area (Å²) in [5, 5.41) is 2.76. The van der Waals surface area contributed by atoms with Gasteiger partial charge >= 0.3 is 0 Å². The average Bonchev–Trinajstić information content (AvgIpc) is 2.85. The maximum absolute atomic E-state index is 12.2. The van der Waals surface area contributed by atoms with E-state index in [0.29, 0.717) is 11.4 Å². The first-order valence-electron chi connectivity index (χ1n) is 7.76. The van der Waals surface area contributed by atoms with Crippen molar-refractivity contribution in [2.75, 3.05) is 23.3 Å². The van der Waals surface area contributed by atoms with Gasteiger partial charge in [0.25, 0.3) is 5.91 Å². The molecular weight excluding hydrogens is 276 g/mol. The number of anilines is 2. The molecule has 3 rings (SSSR count). The van der Waals surface area contributed by atoms with Crippen molar-refractivity contribution in [3.63, 3.8) is 0 Å². The predicted octanol–water partition coefficient (Wildman–Crippen LogP) is 3.11. The number of aromatic nitrogens is 2. The number of hydrogen-bond donors (Lipinski definition) is 1. The SMILES string of the molecule is O=C(Nc1ccccn1)c1ccc(N2CCCCCC2)nc1. The van der Waals surface area contributed by atoms with Crippen LogP contribution in [0.1, 0.15) is 36.0 Å². The van der Waals surface area contributed by atoms with Gasteiger partial charge in [0.15, 0.2) is 0 Å². The number of amides is 1. The van der Waals surface area contributed by atoms with E-state index in [-0.39, 0.29) is 5.91 Å². The number of rotatable bonds is 3. The van der Waals surface area contributed by atoms with Crippen LogP contribution >= 0.6 is 0 Å². The first-order chi connectivity index (χ1) is 10.8. The van der Waals surface area contributed by atoms with E-state index in [0.717, 1.165) is 18.9 Å². The minimum atomic E-state index is -0.186. The van der Waals surface area contributed by atoms with Crippen molar-refractivity contribution in [2.45, 2.75) is 25.7 Å². The molecule has 0 bridgehead atoms. The molecule has 114 valence electrons. The molecule has 1 aliphatic heterocycles. The monoisotopic (exact) mass is 296 g/mol. The van der Waals surface area contributed by atoms with Gasteiger partial charge in [0.1, 0.15) is 11.6 Å². The molecule has 3 heterocycles. The Hall–Kier alpha value is -2.43. The number of hydrogen-bond acceptors (Lipinski definition) is 4. The van der Waals surface area contributed by atoms with Gasteiger partial charge < -0.3 is 10.2 Å². The van der Waals surface area contributed by atoms with E-state index < -0.39 is 0 Å². The van der Waals surface area contributed by atoms with Crippen LogP contribution in [0.3, 0.4) is 0 Å². The Morgan fingerprint density at radius 3 is 2.45 bits per heavy atom.